The fourth-order valence-corrected chi connectivity index (χ4v) is 5.88. The summed E-state index contributed by atoms with van der Waals surface area (Å²) in [7, 11) is -1.89. The minimum absolute atomic E-state index is 0.0867. The minimum atomic E-state index is -1.89. The largest absolute Gasteiger partial charge is 0.481 e. The monoisotopic (exact) mass is 284 g/mol. The first kappa shape index (κ1) is 14.5. The Labute approximate surface area is 121 Å². The highest BCUT2D eigenvalue weighted by Gasteiger charge is 2.35. The molecule has 104 valence electrons. The van der Waals surface area contributed by atoms with Gasteiger partial charge in [-0.2, -0.15) is 0 Å². The van der Waals surface area contributed by atoms with Crippen molar-refractivity contribution in [2.75, 3.05) is 0 Å². The summed E-state index contributed by atoms with van der Waals surface area (Å²) >= 11 is 0. The van der Waals surface area contributed by atoms with Crippen molar-refractivity contribution in [2.24, 2.45) is 0 Å². The first-order valence-electron chi connectivity index (χ1n) is 6.84. The second-order valence-corrected chi connectivity index (χ2v) is 10.4. The van der Waals surface area contributed by atoms with Crippen LogP contribution < -0.4 is 5.19 Å². The lowest BCUT2D eigenvalue weighted by molar-refractivity contribution is -0.137. The van der Waals surface area contributed by atoms with Crippen LogP contribution >= 0.6 is 0 Å². The molecule has 2 aromatic rings. The SMILES string of the molecule is C[Si](C)(c1ccccc1)C(CC(=O)O)c1ccccc1. The van der Waals surface area contributed by atoms with Gasteiger partial charge in [0.05, 0.1) is 14.5 Å². The predicted octanol–water partition coefficient (Wildman–Crippen LogP) is 3.40. The van der Waals surface area contributed by atoms with Gasteiger partial charge in [-0.3, -0.25) is 4.79 Å². The van der Waals surface area contributed by atoms with Crippen LogP contribution in [0.15, 0.2) is 60.7 Å². The maximum atomic E-state index is 11.3. The third-order valence-electron chi connectivity index (χ3n) is 3.97. The summed E-state index contributed by atoms with van der Waals surface area (Å²) < 4.78 is 0. The van der Waals surface area contributed by atoms with Crippen LogP contribution in [0.5, 0.6) is 0 Å². The molecular weight excluding hydrogens is 264 g/mol. The fraction of sp³-hybridized carbons (Fsp3) is 0.235. The quantitative estimate of drug-likeness (QED) is 0.854. The normalized spacial score (nSPS) is 12.9. The molecule has 0 bridgehead atoms. The molecular formula is C17H20O2Si. The summed E-state index contributed by atoms with van der Waals surface area (Å²) in [6, 6.07) is 20.4. The van der Waals surface area contributed by atoms with E-state index in [0.717, 1.165) is 5.56 Å². The van der Waals surface area contributed by atoms with E-state index in [-0.39, 0.29) is 12.0 Å². The smallest absolute Gasteiger partial charge is 0.303 e. The van der Waals surface area contributed by atoms with Crippen molar-refractivity contribution in [3.05, 3.63) is 66.2 Å². The van der Waals surface area contributed by atoms with Crippen LogP contribution in [0.3, 0.4) is 0 Å². The topological polar surface area (TPSA) is 37.3 Å². The zero-order valence-electron chi connectivity index (χ0n) is 11.9. The molecule has 0 radical (unpaired) electrons. The molecule has 2 rings (SSSR count). The molecule has 0 heterocycles. The lowest BCUT2D eigenvalue weighted by Gasteiger charge is -2.32. The molecule has 0 aromatic heterocycles. The number of carbonyl (C=O) groups is 1. The van der Waals surface area contributed by atoms with Gasteiger partial charge >= 0.3 is 5.97 Å². The average Bonchev–Trinajstić information content (AvgIpc) is 2.46. The number of hydrogen-bond donors (Lipinski definition) is 1. The molecule has 0 aliphatic carbocycles. The Morgan fingerprint density at radius 1 is 1.00 bits per heavy atom. The van der Waals surface area contributed by atoms with Gasteiger partial charge in [0.25, 0.3) is 0 Å². The number of benzene rings is 2. The van der Waals surface area contributed by atoms with Crippen LogP contribution in [0.1, 0.15) is 17.5 Å². The number of aliphatic carboxylic acids is 1. The molecule has 20 heavy (non-hydrogen) atoms. The zero-order chi connectivity index (χ0) is 14.6. The van der Waals surface area contributed by atoms with Crippen LogP contribution in [0.25, 0.3) is 0 Å². The maximum Gasteiger partial charge on any atom is 0.303 e. The summed E-state index contributed by atoms with van der Waals surface area (Å²) in [5, 5.41) is 10.6. The Hall–Kier alpha value is -1.87. The van der Waals surface area contributed by atoms with E-state index in [4.69, 9.17) is 0 Å². The molecule has 0 aliphatic heterocycles. The highest BCUT2D eigenvalue weighted by atomic mass is 28.3. The highest BCUT2D eigenvalue weighted by molar-refractivity contribution is 6.91. The van der Waals surface area contributed by atoms with Crippen molar-refractivity contribution in [1.29, 1.82) is 0 Å². The van der Waals surface area contributed by atoms with E-state index in [1.54, 1.807) is 0 Å². The molecule has 3 heteroatoms. The maximum absolute atomic E-state index is 11.3. The zero-order valence-corrected chi connectivity index (χ0v) is 12.9. The van der Waals surface area contributed by atoms with E-state index >= 15 is 0 Å². The Balaban J connectivity index is 2.43. The number of carboxylic acid groups (broad SMARTS) is 1. The van der Waals surface area contributed by atoms with E-state index in [0.29, 0.717) is 0 Å². The Bertz CT molecular complexity index is 564. The van der Waals surface area contributed by atoms with E-state index < -0.39 is 14.0 Å². The Kier molecular flexibility index (Phi) is 4.40. The molecule has 0 amide bonds. The molecule has 1 unspecified atom stereocenters. The van der Waals surface area contributed by atoms with Crippen molar-refractivity contribution >= 4 is 19.2 Å². The Morgan fingerprint density at radius 2 is 1.50 bits per heavy atom. The van der Waals surface area contributed by atoms with Gasteiger partial charge in [0.15, 0.2) is 0 Å². The van der Waals surface area contributed by atoms with Gasteiger partial charge in [0, 0.05) is 0 Å². The van der Waals surface area contributed by atoms with Crippen molar-refractivity contribution in [3.63, 3.8) is 0 Å². The van der Waals surface area contributed by atoms with E-state index in [9.17, 15) is 9.90 Å². The fourth-order valence-electron chi connectivity index (χ4n) is 2.72. The number of rotatable bonds is 5. The first-order valence-corrected chi connectivity index (χ1v) is 9.92. The minimum Gasteiger partial charge on any atom is -0.481 e. The number of hydrogen-bond acceptors (Lipinski definition) is 1. The summed E-state index contributed by atoms with van der Waals surface area (Å²) in [6.45, 7) is 4.51. The molecule has 1 atom stereocenters. The molecule has 1 N–H and O–H groups in total. The van der Waals surface area contributed by atoms with Gasteiger partial charge in [-0.15, -0.1) is 0 Å². The predicted molar refractivity (Wildman–Crippen MR) is 85.0 cm³/mol. The molecule has 2 nitrogen and oxygen atoms in total. The molecule has 0 spiro atoms. The van der Waals surface area contributed by atoms with Crippen molar-refractivity contribution in [1.82, 2.24) is 0 Å². The van der Waals surface area contributed by atoms with Crippen molar-refractivity contribution < 1.29 is 9.90 Å². The lowest BCUT2D eigenvalue weighted by atomic mass is 10.1. The summed E-state index contributed by atoms with van der Waals surface area (Å²) in [5.74, 6) is -0.727. The van der Waals surface area contributed by atoms with Crippen molar-refractivity contribution in [3.8, 4) is 0 Å². The molecule has 0 saturated heterocycles. The van der Waals surface area contributed by atoms with Gasteiger partial charge in [0.2, 0.25) is 0 Å². The van der Waals surface area contributed by atoms with Gasteiger partial charge in [-0.05, 0) is 11.1 Å². The summed E-state index contributed by atoms with van der Waals surface area (Å²) in [6.07, 6.45) is 0.193. The second-order valence-electron chi connectivity index (χ2n) is 5.65. The summed E-state index contributed by atoms with van der Waals surface area (Å²) in [5.41, 5.74) is 1.22. The van der Waals surface area contributed by atoms with Crippen LogP contribution in [0, 0.1) is 0 Å². The van der Waals surface area contributed by atoms with Crippen LogP contribution in [0.4, 0.5) is 0 Å². The van der Waals surface area contributed by atoms with Crippen LogP contribution in [0.2, 0.25) is 13.1 Å². The average molecular weight is 284 g/mol. The van der Waals surface area contributed by atoms with Gasteiger partial charge in [-0.1, -0.05) is 78.9 Å². The third-order valence-corrected chi connectivity index (χ3v) is 8.07. The van der Waals surface area contributed by atoms with E-state index in [1.807, 2.05) is 48.5 Å². The lowest BCUT2D eigenvalue weighted by Crippen LogP contribution is -2.48. The molecule has 0 saturated carbocycles. The second kappa shape index (κ2) is 6.05. The van der Waals surface area contributed by atoms with Gasteiger partial charge in [-0.25, -0.2) is 0 Å². The molecule has 0 aliphatic rings. The van der Waals surface area contributed by atoms with E-state index in [2.05, 4.69) is 25.2 Å². The van der Waals surface area contributed by atoms with Crippen LogP contribution in [-0.4, -0.2) is 19.1 Å². The van der Waals surface area contributed by atoms with Crippen LogP contribution in [-0.2, 0) is 4.79 Å². The first-order chi connectivity index (χ1) is 9.51. The van der Waals surface area contributed by atoms with Crippen molar-refractivity contribution in [2.45, 2.75) is 25.1 Å². The molecule has 0 fully saturated rings. The number of carboxylic acids is 1. The highest BCUT2D eigenvalue weighted by Crippen LogP contribution is 2.30. The third kappa shape index (κ3) is 3.17. The van der Waals surface area contributed by atoms with Gasteiger partial charge < -0.3 is 5.11 Å². The van der Waals surface area contributed by atoms with Gasteiger partial charge in [0.1, 0.15) is 0 Å². The Morgan fingerprint density at radius 3 is 2.00 bits per heavy atom. The standard InChI is InChI=1S/C17H20O2Si/c1-20(2,15-11-7-4-8-12-15)16(13-17(18)19)14-9-5-3-6-10-14/h3-12,16H,13H2,1-2H3,(H,18,19). The molecule has 2 aromatic carbocycles. The summed E-state index contributed by atoms with van der Waals surface area (Å²) in [4.78, 5) is 11.3. The van der Waals surface area contributed by atoms with E-state index in [1.165, 1.54) is 5.19 Å².